The van der Waals surface area contributed by atoms with Gasteiger partial charge in [-0.05, 0) is 61.9 Å². The molecule has 1 amide bonds. The molecule has 162 valence electrons. The second-order valence-corrected chi connectivity index (χ2v) is 9.28. The summed E-state index contributed by atoms with van der Waals surface area (Å²) in [6, 6.07) is 12.1. The van der Waals surface area contributed by atoms with Crippen molar-refractivity contribution in [1.29, 1.82) is 0 Å². The van der Waals surface area contributed by atoms with Crippen molar-refractivity contribution in [3.05, 3.63) is 59.9 Å². The van der Waals surface area contributed by atoms with Crippen molar-refractivity contribution in [2.75, 3.05) is 20.2 Å². The summed E-state index contributed by atoms with van der Waals surface area (Å²) in [5.74, 6) is 0.153. The van der Waals surface area contributed by atoms with E-state index in [0.29, 0.717) is 19.0 Å². The predicted octanol–water partition coefficient (Wildman–Crippen LogP) is 2.98. The average molecular weight is 435 g/mol. The number of likely N-dealkylation sites (tertiary alicyclic amines) is 1. The quantitative estimate of drug-likeness (QED) is 0.727. The zero-order chi connectivity index (χ0) is 21.7. The summed E-state index contributed by atoms with van der Waals surface area (Å²) in [7, 11) is -2.48. The number of nitrogens with one attached hydrogen (secondary N) is 1. The molecule has 0 saturated carbocycles. The summed E-state index contributed by atoms with van der Waals surface area (Å²) in [6.07, 6.45) is 2.64. The van der Waals surface area contributed by atoms with E-state index in [-0.39, 0.29) is 5.91 Å². The van der Waals surface area contributed by atoms with Crippen molar-refractivity contribution >= 4 is 15.9 Å². The van der Waals surface area contributed by atoms with Crippen LogP contribution in [-0.4, -0.2) is 45.5 Å². The van der Waals surface area contributed by atoms with Gasteiger partial charge in [0.1, 0.15) is 16.5 Å². The lowest BCUT2D eigenvalue weighted by Crippen LogP contribution is -2.49. The molecule has 0 radical (unpaired) electrons. The van der Waals surface area contributed by atoms with E-state index in [1.165, 1.54) is 30.7 Å². The Balaban J connectivity index is 1.53. The molecule has 1 aliphatic rings. The minimum absolute atomic E-state index is 0.294. The Bertz CT molecular complexity index is 971. The maximum Gasteiger partial charge on any atom is 0.244 e. The SMILES string of the molecule is COc1ccc(CC2CCN(C(=O)[C@H](C)NS(=O)(=O)c3ccccc3F)CC2)cc1. The molecule has 1 aliphatic heterocycles. The summed E-state index contributed by atoms with van der Waals surface area (Å²) in [4.78, 5) is 13.9. The van der Waals surface area contributed by atoms with Gasteiger partial charge in [0.15, 0.2) is 0 Å². The Labute approximate surface area is 177 Å². The first-order valence-electron chi connectivity index (χ1n) is 9.98. The number of hydrogen-bond acceptors (Lipinski definition) is 4. The number of piperidine rings is 1. The minimum atomic E-state index is -4.11. The number of nitrogens with zero attached hydrogens (tertiary/aromatic N) is 1. The van der Waals surface area contributed by atoms with Crippen LogP contribution in [-0.2, 0) is 21.2 Å². The lowest BCUT2D eigenvalue weighted by molar-refractivity contribution is -0.133. The van der Waals surface area contributed by atoms with Gasteiger partial charge in [0.2, 0.25) is 15.9 Å². The summed E-state index contributed by atoms with van der Waals surface area (Å²) < 4.78 is 46.2. The number of methoxy groups -OCH3 is 1. The topological polar surface area (TPSA) is 75.7 Å². The molecule has 0 bridgehead atoms. The van der Waals surface area contributed by atoms with Crippen molar-refractivity contribution in [3.8, 4) is 5.75 Å². The van der Waals surface area contributed by atoms with Gasteiger partial charge >= 0.3 is 0 Å². The predicted molar refractivity (Wildman–Crippen MR) is 112 cm³/mol. The minimum Gasteiger partial charge on any atom is -0.497 e. The van der Waals surface area contributed by atoms with Gasteiger partial charge in [-0.15, -0.1) is 0 Å². The number of carbonyl (C=O) groups excluding carboxylic acids is 1. The summed E-state index contributed by atoms with van der Waals surface area (Å²) in [5, 5.41) is 0. The van der Waals surface area contributed by atoms with E-state index < -0.39 is 26.8 Å². The van der Waals surface area contributed by atoms with Crippen LogP contribution in [0.4, 0.5) is 4.39 Å². The number of amides is 1. The zero-order valence-electron chi connectivity index (χ0n) is 17.2. The molecule has 0 unspecified atom stereocenters. The Morgan fingerprint density at radius 1 is 1.17 bits per heavy atom. The molecule has 2 aromatic rings. The molecule has 30 heavy (non-hydrogen) atoms. The standard InChI is InChI=1S/C22H27FN2O4S/c1-16(24-30(27,28)21-6-4-3-5-20(21)23)22(26)25-13-11-18(12-14-25)15-17-7-9-19(29-2)10-8-17/h3-10,16,18,24H,11-15H2,1-2H3/t16-/m0/s1. The normalized spacial score (nSPS) is 16.3. The largest absolute Gasteiger partial charge is 0.497 e. The van der Waals surface area contributed by atoms with Gasteiger partial charge in [-0.2, -0.15) is 4.72 Å². The third kappa shape index (κ3) is 5.37. The van der Waals surface area contributed by atoms with Gasteiger partial charge < -0.3 is 9.64 Å². The van der Waals surface area contributed by atoms with Crippen LogP contribution in [0.25, 0.3) is 0 Å². The Morgan fingerprint density at radius 3 is 2.40 bits per heavy atom. The Hall–Kier alpha value is -2.45. The third-order valence-electron chi connectivity index (χ3n) is 5.44. The molecular formula is C22H27FN2O4S. The van der Waals surface area contributed by atoms with E-state index >= 15 is 0 Å². The number of halogens is 1. The molecule has 1 saturated heterocycles. The number of benzene rings is 2. The van der Waals surface area contributed by atoms with Gasteiger partial charge in [0.05, 0.1) is 13.2 Å². The number of carbonyl (C=O) groups is 1. The third-order valence-corrected chi connectivity index (χ3v) is 7.01. The first-order chi connectivity index (χ1) is 14.3. The van der Waals surface area contributed by atoms with Crippen LogP contribution in [0.2, 0.25) is 0 Å². The highest BCUT2D eigenvalue weighted by Crippen LogP contribution is 2.23. The first kappa shape index (κ1) is 22.2. The molecule has 1 heterocycles. The Morgan fingerprint density at radius 2 is 1.80 bits per heavy atom. The second-order valence-electron chi connectivity index (χ2n) is 7.59. The van der Waals surface area contributed by atoms with Gasteiger partial charge in [-0.25, -0.2) is 12.8 Å². The molecule has 1 N–H and O–H groups in total. The number of hydrogen-bond donors (Lipinski definition) is 1. The van der Waals surface area contributed by atoms with E-state index in [0.717, 1.165) is 31.1 Å². The Kier molecular flexibility index (Phi) is 7.10. The highest BCUT2D eigenvalue weighted by atomic mass is 32.2. The maximum atomic E-state index is 13.8. The van der Waals surface area contributed by atoms with Gasteiger partial charge in [-0.1, -0.05) is 24.3 Å². The molecule has 6 nitrogen and oxygen atoms in total. The van der Waals surface area contributed by atoms with E-state index in [1.807, 2.05) is 12.1 Å². The van der Waals surface area contributed by atoms with Crippen molar-refractivity contribution in [1.82, 2.24) is 9.62 Å². The summed E-state index contributed by atoms with van der Waals surface area (Å²) >= 11 is 0. The smallest absolute Gasteiger partial charge is 0.244 e. The number of ether oxygens (including phenoxy) is 1. The molecule has 2 aromatic carbocycles. The maximum absolute atomic E-state index is 13.8. The molecule has 1 fully saturated rings. The number of sulfonamides is 1. The fraction of sp³-hybridized carbons (Fsp3) is 0.409. The van der Waals surface area contributed by atoms with E-state index in [9.17, 15) is 17.6 Å². The van der Waals surface area contributed by atoms with Crippen molar-refractivity contribution in [2.24, 2.45) is 5.92 Å². The highest BCUT2D eigenvalue weighted by molar-refractivity contribution is 7.89. The first-order valence-corrected chi connectivity index (χ1v) is 11.5. The molecule has 8 heteroatoms. The molecule has 0 aliphatic carbocycles. The van der Waals surface area contributed by atoms with Crippen molar-refractivity contribution < 1.29 is 22.3 Å². The van der Waals surface area contributed by atoms with E-state index in [2.05, 4.69) is 16.9 Å². The highest BCUT2D eigenvalue weighted by Gasteiger charge is 2.29. The van der Waals surface area contributed by atoms with Crippen LogP contribution in [0.15, 0.2) is 53.4 Å². The van der Waals surface area contributed by atoms with Crippen LogP contribution in [0.5, 0.6) is 5.75 Å². The van der Waals surface area contributed by atoms with E-state index in [1.54, 1.807) is 12.0 Å². The van der Waals surface area contributed by atoms with Gasteiger partial charge in [-0.3, -0.25) is 4.79 Å². The van der Waals surface area contributed by atoms with Crippen LogP contribution < -0.4 is 9.46 Å². The molecule has 1 atom stereocenters. The summed E-state index contributed by atoms with van der Waals surface area (Å²) in [5.41, 5.74) is 1.23. The molecule has 3 rings (SSSR count). The van der Waals surface area contributed by atoms with Crippen molar-refractivity contribution in [2.45, 2.75) is 37.1 Å². The second kappa shape index (κ2) is 9.57. The average Bonchev–Trinajstić information content (AvgIpc) is 2.74. The number of rotatable bonds is 7. The van der Waals surface area contributed by atoms with Gasteiger partial charge in [0, 0.05) is 13.1 Å². The van der Waals surface area contributed by atoms with Crippen LogP contribution >= 0.6 is 0 Å². The van der Waals surface area contributed by atoms with Crippen molar-refractivity contribution in [3.63, 3.8) is 0 Å². The fourth-order valence-corrected chi connectivity index (χ4v) is 5.01. The fourth-order valence-electron chi connectivity index (χ4n) is 3.74. The van der Waals surface area contributed by atoms with Crippen LogP contribution in [0, 0.1) is 11.7 Å². The molecular weight excluding hydrogens is 407 g/mol. The monoisotopic (exact) mass is 434 g/mol. The van der Waals surface area contributed by atoms with Crippen LogP contribution in [0.1, 0.15) is 25.3 Å². The van der Waals surface area contributed by atoms with Gasteiger partial charge in [0.25, 0.3) is 0 Å². The lowest BCUT2D eigenvalue weighted by Gasteiger charge is -2.33. The van der Waals surface area contributed by atoms with E-state index in [4.69, 9.17) is 4.74 Å². The molecule has 0 aromatic heterocycles. The summed E-state index contributed by atoms with van der Waals surface area (Å²) in [6.45, 7) is 2.64. The molecule has 0 spiro atoms. The zero-order valence-corrected chi connectivity index (χ0v) is 18.0. The lowest BCUT2D eigenvalue weighted by atomic mass is 9.90. The van der Waals surface area contributed by atoms with Crippen LogP contribution in [0.3, 0.4) is 0 Å².